The number of carbonyl (C=O) groups excluding carboxylic acids is 3. The summed E-state index contributed by atoms with van der Waals surface area (Å²) in [5.41, 5.74) is 0.385. The Morgan fingerprint density at radius 2 is 1.44 bits per heavy atom. The first-order chi connectivity index (χ1) is 12.0. The van der Waals surface area contributed by atoms with Crippen LogP contribution in [0, 0.1) is 0 Å². The van der Waals surface area contributed by atoms with Gasteiger partial charge in [0.2, 0.25) is 5.91 Å². The summed E-state index contributed by atoms with van der Waals surface area (Å²) in [5.74, 6) is -1.32. The first-order valence-corrected chi connectivity index (χ1v) is 9.37. The number of nitrogens with zero attached hydrogens (tertiary/aromatic N) is 1. The zero-order valence-electron chi connectivity index (χ0n) is 13.8. The molecule has 3 amide bonds. The van der Waals surface area contributed by atoms with Crippen molar-refractivity contribution in [2.75, 3.05) is 6.54 Å². The molecule has 1 aliphatic heterocycles. The lowest BCUT2D eigenvalue weighted by Crippen LogP contribution is -2.44. The van der Waals surface area contributed by atoms with Gasteiger partial charge in [0.1, 0.15) is 6.54 Å². The van der Waals surface area contributed by atoms with Crippen molar-refractivity contribution < 1.29 is 14.4 Å². The van der Waals surface area contributed by atoms with E-state index in [1.807, 2.05) is 0 Å². The second-order valence-electron chi connectivity index (χ2n) is 6.62. The van der Waals surface area contributed by atoms with Gasteiger partial charge in [0.25, 0.3) is 11.8 Å². The van der Waals surface area contributed by atoms with Gasteiger partial charge >= 0.3 is 0 Å². The molecule has 1 aliphatic carbocycles. The molecule has 1 aromatic carbocycles. The van der Waals surface area contributed by atoms with Gasteiger partial charge in [-0.15, -0.1) is 0 Å². The molecule has 0 aromatic heterocycles. The lowest BCUT2D eigenvalue weighted by Gasteiger charge is -2.22. The molecule has 1 saturated carbocycles. The van der Waals surface area contributed by atoms with Gasteiger partial charge in [0.15, 0.2) is 0 Å². The fourth-order valence-electron chi connectivity index (χ4n) is 3.44. The van der Waals surface area contributed by atoms with E-state index in [1.165, 1.54) is 31.4 Å². The molecule has 3 rings (SSSR count). The van der Waals surface area contributed by atoms with Crippen LogP contribution in [0.15, 0.2) is 12.1 Å². The third kappa shape index (κ3) is 3.98. The number of rotatable bonds is 3. The number of fused-ring (bicyclic) bond motifs is 1. The zero-order chi connectivity index (χ0) is 18.0. The van der Waals surface area contributed by atoms with E-state index in [4.69, 9.17) is 23.2 Å². The predicted molar refractivity (Wildman–Crippen MR) is 96.1 cm³/mol. The molecule has 1 N–H and O–H groups in total. The molecule has 0 atom stereocenters. The number of halogens is 2. The number of carbonyl (C=O) groups is 3. The van der Waals surface area contributed by atoms with Gasteiger partial charge in [-0.2, -0.15) is 0 Å². The minimum atomic E-state index is -0.508. The van der Waals surface area contributed by atoms with Crippen molar-refractivity contribution >= 4 is 40.9 Å². The molecule has 1 aromatic rings. The molecule has 5 nitrogen and oxygen atoms in total. The average Bonchev–Trinajstić information content (AvgIpc) is 2.75. The molecule has 1 heterocycles. The van der Waals surface area contributed by atoms with Crippen LogP contribution in [0.5, 0.6) is 0 Å². The van der Waals surface area contributed by atoms with Crippen molar-refractivity contribution in [1.82, 2.24) is 10.2 Å². The number of nitrogens with one attached hydrogen (secondary N) is 1. The summed E-state index contributed by atoms with van der Waals surface area (Å²) in [4.78, 5) is 38.1. The minimum Gasteiger partial charge on any atom is -0.352 e. The SMILES string of the molecule is O=C(CN1C(=O)c2cc(Cl)c(Cl)cc2C1=O)NC1CCCCCCC1. The number of hydrogen-bond acceptors (Lipinski definition) is 3. The van der Waals surface area contributed by atoms with Crippen LogP contribution in [0.1, 0.15) is 65.7 Å². The molecule has 1 fully saturated rings. The third-order valence-corrected chi connectivity index (χ3v) is 5.51. The second kappa shape index (κ2) is 7.75. The van der Waals surface area contributed by atoms with Crippen LogP contribution < -0.4 is 5.32 Å². The van der Waals surface area contributed by atoms with E-state index in [2.05, 4.69) is 5.32 Å². The molecule has 0 saturated heterocycles. The Balaban J connectivity index is 1.65. The summed E-state index contributed by atoms with van der Waals surface area (Å²) in [6.45, 7) is -0.280. The van der Waals surface area contributed by atoms with E-state index in [0.717, 1.165) is 30.6 Å². The van der Waals surface area contributed by atoms with E-state index < -0.39 is 11.8 Å². The van der Waals surface area contributed by atoms with Crippen molar-refractivity contribution in [3.8, 4) is 0 Å². The topological polar surface area (TPSA) is 66.5 Å². The van der Waals surface area contributed by atoms with Gasteiger partial charge in [-0.1, -0.05) is 55.3 Å². The highest BCUT2D eigenvalue weighted by Crippen LogP contribution is 2.31. The lowest BCUT2D eigenvalue weighted by atomic mass is 9.97. The van der Waals surface area contributed by atoms with Gasteiger partial charge in [0.05, 0.1) is 21.2 Å². The molecule has 0 unspecified atom stereocenters. The standard InChI is InChI=1S/C18H20Cl2N2O3/c19-14-8-12-13(9-15(14)20)18(25)22(17(12)24)10-16(23)21-11-6-4-2-1-3-5-7-11/h8-9,11H,1-7,10H2,(H,21,23). The summed E-state index contributed by atoms with van der Waals surface area (Å²) in [6, 6.07) is 2.88. The van der Waals surface area contributed by atoms with Gasteiger partial charge in [-0.25, -0.2) is 0 Å². The maximum atomic E-state index is 12.4. The number of imide groups is 1. The smallest absolute Gasteiger partial charge is 0.262 e. The highest BCUT2D eigenvalue weighted by atomic mass is 35.5. The molecular formula is C18H20Cl2N2O3. The molecular weight excluding hydrogens is 363 g/mol. The molecule has 25 heavy (non-hydrogen) atoms. The molecule has 0 spiro atoms. The summed E-state index contributed by atoms with van der Waals surface area (Å²) >= 11 is 11.8. The maximum absolute atomic E-state index is 12.4. The van der Waals surface area contributed by atoms with E-state index >= 15 is 0 Å². The Morgan fingerprint density at radius 1 is 0.960 bits per heavy atom. The summed E-state index contributed by atoms with van der Waals surface area (Å²) in [5, 5.41) is 3.39. The second-order valence-corrected chi connectivity index (χ2v) is 7.43. The van der Waals surface area contributed by atoms with E-state index in [0.29, 0.717) is 0 Å². The van der Waals surface area contributed by atoms with Crippen molar-refractivity contribution in [3.05, 3.63) is 33.3 Å². The van der Waals surface area contributed by atoms with Crippen LogP contribution in [0.25, 0.3) is 0 Å². The van der Waals surface area contributed by atoms with Crippen molar-refractivity contribution in [3.63, 3.8) is 0 Å². The van der Waals surface area contributed by atoms with E-state index in [9.17, 15) is 14.4 Å². The molecule has 134 valence electrons. The highest BCUT2D eigenvalue weighted by molar-refractivity contribution is 6.43. The number of amides is 3. The van der Waals surface area contributed by atoms with E-state index in [1.54, 1.807) is 0 Å². The third-order valence-electron chi connectivity index (χ3n) is 4.78. The Labute approximate surface area is 156 Å². The molecule has 0 radical (unpaired) electrons. The van der Waals surface area contributed by atoms with Crippen LogP contribution in [0.2, 0.25) is 10.0 Å². The van der Waals surface area contributed by atoms with Crippen LogP contribution >= 0.6 is 23.2 Å². The Kier molecular flexibility index (Phi) is 5.64. The summed E-state index contributed by atoms with van der Waals surface area (Å²) in [6.07, 6.45) is 7.70. The largest absolute Gasteiger partial charge is 0.352 e. The van der Waals surface area contributed by atoms with Gasteiger partial charge in [-0.05, 0) is 25.0 Å². The Hall–Kier alpha value is -1.59. The van der Waals surface area contributed by atoms with Crippen molar-refractivity contribution in [2.24, 2.45) is 0 Å². The van der Waals surface area contributed by atoms with Gasteiger partial charge in [0, 0.05) is 6.04 Å². The predicted octanol–water partition coefficient (Wildman–Crippen LogP) is 3.82. The fourth-order valence-corrected chi connectivity index (χ4v) is 3.77. The summed E-state index contributed by atoms with van der Waals surface area (Å²) in [7, 11) is 0. The first-order valence-electron chi connectivity index (χ1n) is 8.62. The Bertz CT molecular complexity index is 672. The Morgan fingerprint density at radius 3 is 1.96 bits per heavy atom. The van der Waals surface area contributed by atoms with Crippen molar-refractivity contribution in [1.29, 1.82) is 0 Å². The molecule has 7 heteroatoms. The van der Waals surface area contributed by atoms with Crippen LogP contribution in [-0.2, 0) is 4.79 Å². The highest BCUT2D eigenvalue weighted by Gasteiger charge is 2.37. The number of hydrogen-bond donors (Lipinski definition) is 1. The molecule has 2 aliphatic rings. The van der Waals surface area contributed by atoms with Crippen LogP contribution in [-0.4, -0.2) is 35.2 Å². The van der Waals surface area contributed by atoms with Gasteiger partial charge < -0.3 is 5.32 Å². The van der Waals surface area contributed by atoms with Crippen LogP contribution in [0.4, 0.5) is 0 Å². The normalized spacial score (nSPS) is 18.7. The number of benzene rings is 1. The van der Waals surface area contributed by atoms with Crippen molar-refractivity contribution in [2.45, 2.75) is 51.0 Å². The van der Waals surface area contributed by atoms with Gasteiger partial charge in [-0.3, -0.25) is 19.3 Å². The quantitative estimate of drug-likeness (QED) is 0.807. The first kappa shape index (κ1) is 18.2. The van der Waals surface area contributed by atoms with Crippen LogP contribution in [0.3, 0.4) is 0 Å². The monoisotopic (exact) mass is 382 g/mol. The average molecular weight is 383 g/mol. The zero-order valence-corrected chi connectivity index (χ0v) is 15.3. The summed E-state index contributed by atoms with van der Waals surface area (Å²) < 4.78 is 0. The van der Waals surface area contributed by atoms with E-state index in [-0.39, 0.29) is 39.7 Å². The maximum Gasteiger partial charge on any atom is 0.262 e. The lowest BCUT2D eigenvalue weighted by molar-refractivity contribution is -0.122. The minimum absolute atomic E-state index is 0.117. The molecule has 0 bridgehead atoms. The fraction of sp³-hybridized carbons (Fsp3) is 0.500.